The molecule has 0 bridgehead atoms. The van der Waals surface area contributed by atoms with E-state index in [-0.39, 0.29) is 16.8 Å². The fourth-order valence-corrected chi connectivity index (χ4v) is 3.83. The van der Waals surface area contributed by atoms with Crippen molar-refractivity contribution in [1.29, 1.82) is 0 Å². The van der Waals surface area contributed by atoms with Crippen molar-refractivity contribution in [3.63, 3.8) is 0 Å². The summed E-state index contributed by atoms with van der Waals surface area (Å²) in [5.74, 6) is 0.527. The number of H-pyrrole nitrogens is 1. The molecule has 1 unspecified atom stereocenters. The summed E-state index contributed by atoms with van der Waals surface area (Å²) in [6, 6.07) is 4.64. The van der Waals surface area contributed by atoms with Gasteiger partial charge in [0.15, 0.2) is 17.3 Å². The Kier molecular flexibility index (Phi) is 7.21. The maximum atomic E-state index is 13.6. The lowest BCUT2D eigenvalue weighted by Crippen LogP contribution is -2.35. The Morgan fingerprint density at radius 1 is 1.20 bits per heavy atom. The molecule has 0 radical (unpaired) electrons. The molecule has 180 valence electrons. The number of hydrogen-bond donors (Lipinski definition) is 3. The Bertz CT molecular complexity index is 1520. The Morgan fingerprint density at radius 2 is 2.03 bits per heavy atom. The van der Waals surface area contributed by atoms with Gasteiger partial charge in [0.1, 0.15) is 17.7 Å². The topological polar surface area (TPSA) is 113 Å². The minimum atomic E-state index is -0.468. The molecule has 35 heavy (non-hydrogen) atoms. The average Bonchev–Trinajstić information content (AvgIpc) is 3.25. The van der Waals surface area contributed by atoms with E-state index in [4.69, 9.17) is 16.6 Å². The van der Waals surface area contributed by atoms with Crippen LogP contribution < -0.4 is 16.3 Å². The van der Waals surface area contributed by atoms with Gasteiger partial charge in [-0.3, -0.25) is 10.2 Å². The molecule has 4 aromatic rings. The zero-order valence-electron chi connectivity index (χ0n) is 19.4. The molecule has 0 aliphatic heterocycles. The molecule has 1 aliphatic rings. The lowest BCUT2D eigenvalue weighted by atomic mass is 10.2. The van der Waals surface area contributed by atoms with Crippen molar-refractivity contribution >= 4 is 39.5 Å². The SMILES string of the molecule is CC.CC(Nc1ncnc2nc[nH]c12)c1nc2cccc(Cl)c2c(=O)n1NC1=CC=C(F)C=CC1. The van der Waals surface area contributed by atoms with Gasteiger partial charge in [-0.25, -0.2) is 29.0 Å². The zero-order valence-corrected chi connectivity index (χ0v) is 20.1. The maximum absolute atomic E-state index is 13.6. The molecule has 1 atom stereocenters. The molecule has 1 aromatic carbocycles. The first-order valence-electron chi connectivity index (χ1n) is 11.1. The molecule has 3 N–H and O–H groups in total. The molecule has 11 heteroatoms. The Balaban J connectivity index is 0.00000141. The fraction of sp³-hybridized carbons (Fsp3) is 0.208. The molecule has 0 spiro atoms. The van der Waals surface area contributed by atoms with Gasteiger partial charge in [0, 0.05) is 12.1 Å². The summed E-state index contributed by atoms with van der Waals surface area (Å²) in [7, 11) is 0. The van der Waals surface area contributed by atoms with Crippen molar-refractivity contribution in [2.24, 2.45) is 0 Å². The van der Waals surface area contributed by atoms with Crippen LogP contribution in [-0.4, -0.2) is 29.6 Å². The first-order chi connectivity index (χ1) is 17.0. The van der Waals surface area contributed by atoms with E-state index in [1.807, 2.05) is 20.8 Å². The van der Waals surface area contributed by atoms with Crippen LogP contribution in [0.1, 0.15) is 39.1 Å². The van der Waals surface area contributed by atoms with Crippen LogP contribution in [0.4, 0.5) is 10.2 Å². The Hall–Kier alpha value is -4.05. The van der Waals surface area contributed by atoms with Gasteiger partial charge < -0.3 is 10.3 Å². The fourth-order valence-electron chi connectivity index (χ4n) is 3.58. The van der Waals surface area contributed by atoms with Crippen LogP contribution in [-0.2, 0) is 0 Å². The molecule has 5 rings (SSSR count). The number of benzene rings is 1. The highest BCUT2D eigenvalue weighted by atomic mass is 35.5. The zero-order chi connectivity index (χ0) is 24.9. The minimum absolute atomic E-state index is 0.284. The average molecular weight is 495 g/mol. The van der Waals surface area contributed by atoms with Crippen molar-refractivity contribution in [2.75, 3.05) is 10.7 Å². The molecule has 1 aliphatic carbocycles. The third-order valence-electron chi connectivity index (χ3n) is 5.15. The summed E-state index contributed by atoms with van der Waals surface area (Å²) >= 11 is 6.33. The van der Waals surface area contributed by atoms with E-state index in [2.05, 4.69) is 30.7 Å². The standard InChI is InChI=1S/C22H18ClFN8O.C2H6/c1-12(29-20-18-19(26-10-25-18)27-11-28-20)21-30-16-7-3-6-15(23)17(16)22(33)32(21)31-14-5-2-4-13(24)8-9-14;1-2/h2-4,6-12,31H,5H2,1H3,(H2,25,26,27,28,29);1-2H3. The van der Waals surface area contributed by atoms with Gasteiger partial charge in [0.2, 0.25) is 0 Å². The number of aromatic amines is 1. The summed E-state index contributed by atoms with van der Waals surface area (Å²) in [5, 5.41) is 3.85. The molecule has 0 saturated heterocycles. The Morgan fingerprint density at radius 3 is 2.86 bits per heavy atom. The van der Waals surface area contributed by atoms with Gasteiger partial charge in [0.25, 0.3) is 5.56 Å². The normalized spacial score (nSPS) is 14.0. The lowest BCUT2D eigenvalue weighted by molar-refractivity contribution is 0.667. The first kappa shape index (κ1) is 24.1. The van der Waals surface area contributed by atoms with Crippen molar-refractivity contribution < 1.29 is 4.39 Å². The highest BCUT2D eigenvalue weighted by Gasteiger charge is 2.20. The maximum Gasteiger partial charge on any atom is 0.281 e. The quantitative estimate of drug-likeness (QED) is 0.351. The second-order valence-corrected chi connectivity index (χ2v) is 7.80. The van der Waals surface area contributed by atoms with Crippen molar-refractivity contribution in [1.82, 2.24) is 29.6 Å². The highest BCUT2D eigenvalue weighted by molar-refractivity contribution is 6.35. The number of rotatable bonds is 5. The molecule has 3 heterocycles. The number of aromatic nitrogens is 6. The minimum Gasteiger partial charge on any atom is -0.358 e. The molecule has 0 saturated carbocycles. The molecule has 3 aromatic heterocycles. The third-order valence-corrected chi connectivity index (χ3v) is 5.47. The van der Waals surface area contributed by atoms with Crippen molar-refractivity contribution in [2.45, 2.75) is 33.2 Å². The number of halogens is 2. The number of nitrogens with one attached hydrogen (secondary N) is 3. The largest absolute Gasteiger partial charge is 0.358 e. The highest BCUT2D eigenvalue weighted by Crippen LogP contribution is 2.24. The number of imidazole rings is 1. The van der Waals surface area contributed by atoms with Crippen LogP contribution in [0.25, 0.3) is 22.1 Å². The van der Waals surface area contributed by atoms with E-state index < -0.39 is 6.04 Å². The van der Waals surface area contributed by atoms with Crippen molar-refractivity contribution in [3.05, 3.63) is 87.9 Å². The van der Waals surface area contributed by atoms with Gasteiger partial charge >= 0.3 is 0 Å². The molecule has 0 fully saturated rings. The number of nitrogens with zero attached hydrogens (tertiary/aromatic N) is 5. The number of anilines is 1. The third kappa shape index (κ3) is 4.92. The smallest absolute Gasteiger partial charge is 0.281 e. The van der Waals surface area contributed by atoms with E-state index >= 15 is 0 Å². The number of fused-ring (bicyclic) bond motifs is 2. The summed E-state index contributed by atoms with van der Waals surface area (Å²) in [6.45, 7) is 5.85. The second kappa shape index (κ2) is 10.5. The van der Waals surface area contributed by atoms with E-state index in [0.29, 0.717) is 45.5 Å². The van der Waals surface area contributed by atoms with Gasteiger partial charge in [-0.15, -0.1) is 0 Å². The van der Waals surface area contributed by atoms with Gasteiger partial charge in [0.05, 0.1) is 28.3 Å². The number of hydrogen-bond acceptors (Lipinski definition) is 7. The summed E-state index contributed by atoms with van der Waals surface area (Å²) in [5.41, 5.74) is 4.93. The summed E-state index contributed by atoms with van der Waals surface area (Å²) < 4.78 is 14.9. The van der Waals surface area contributed by atoms with Crippen LogP contribution in [0.3, 0.4) is 0 Å². The van der Waals surface area contributed by atoms with Gasteiger partial charge in [-0.05, 0) is 37.3 Å². The van der Waals surface area contributed by atoms with Crippen LogP contribution >= 0.6 is 11.6 Å². The van der Waals surface area contributed by atoms with E-state index in [0.717, 1.165) is 0 Å². The van der Waals surface area contributed by atoms with Crippen LogP contribution in [0.5, 0.6) is 0 Å². The van der Waals surface area contributed by atoms with Crippen molar-refractivity contribution in [3.8, 4) is 0 Å². The Labute approximate surface area is 205 Å². The first-order valence-corrected chi connectivity index (χ1v) is 11.5. The van der Waals surface area contributed by atoms with Gasteiger partial charge in [-0.1, -0.05) is 37.6 Å². The summed E-state index contributed by atoms with van der Waals surface area (Å²) in [4.78, 5) is 33.8. The van der Waals surface area contributed by atoms with Crippen LogP contribution in [0, 0.1) is 0 Å². The molecule has 9 nitrogen and oxygen atoms in total. The van der Waals surface area contributed by atoms with Crippen LogP contribution in [0.15, 0.2) is 71.5 Å². The molecular weight excluding hydrogens is 471 g/mol. The van der Waals surface area contributed by atoms with E-state index in [9.17, 15) is 9.18 Å². The second-order valence-electron chi connectivity index (χ2n) is 7.40. The number of allylic oxidation sites excluding steroid dienone is 5. The van der Waals surface area contributed by atoms with Gasteiger partial charge in [-0.2, -0.15) is 0 Å². The monoisotopic (exact) mass is 494 g/mol. The van der Waals surface area contributed by atoms with E-state index in [1.165, 1.54) is 29.5 Å². The lowest BCUT2D eigenvalue weighted by Gasteiger charge is -2.21. The molecular formula is C24H24ClFN8O. The predicted molar refractivity (Wildman–Crippen MR) is 136 cm³/mol. The molecule has 0 amide bonds. The predicted octanol–water partition coefficient (Wildman–Crippen LogP) is 5.16. The van der Waals surface area contributed by atoms with Crippen LogP contribution in [0.2, 0.25) is 5.02 Å². The van der Waals surface area contributed by atoms with E-state index in [1.54, 1.807) is 30.4 Å². The summed E-state index contributed by atoms with van der Waals surface area (Å²) in [6.07, 6.45) is 9.29.